The Labute approximate surface area is 149 Å². The molecule has 6 nitrogen and oxygen atoms in total. The minimum atomic E-state index is -0.576. The van der Waals surface area contributed by atoms with Crippen LogP contribution in [0.25, 0.3) is 22.0 Å². The minimum Gasteiger partial charge on any atom is -0.507 e. The van der Waals surface area contributed by atoms with Crippen LogP contribution in [0.15, 0.2) is 36.7 Å². The Bertz CT molecular complexity index is 930. The molecule has 0 amide bonds. The highest BCUT2D eigenvalue weighted by Crippen LogP contribution is 2.36. The number of nitrogens with zero attached hydrogens (tertiary/aromatic N) is 3. The molecule has 3 N–H and O–H groups in total. The summed E-state index contributed by atoms with van der Waals surface area (Å²) in [5, 5.41) is 33.2. The molecule has 2 aromatic heterocycles. The number of phenols is 1. The van der Waals surface area contributed by atoms with Crippen molar-refractivity contribution in [2.24, 2.45) is 0 Å². The van der Waals surface area contributed by atoms with Gasteiger partial charge in [0, 0.05) is 23.2 Å². The number of phenolic OH excluding ortho intramolecular Hbond substituents is 1. The van der Waals surface area contributed by atoms with Gasteiger partial charge in [0.05, 0.1) is 17.7 Å². The van der Waals surface area contributed by atoms with Crippen molar-refractivity contribution in [3.63, 3.8) is 0 Å². The van der Waals surface area contributed by atoms with Crippen molar-refractivity contribution in [1.29, 1.82) is 0 Å². The molecule has 2 unspecified atom stereocenters. The molecule has 2 heterocycles. The van der Waals surface area contributed by atoms with E-state index in [0.29, 0.717) is 16.6 Å². The summed E-state index contributed by atoms with van der Waals surface area (Å²) in [5.41, 5.74) is 0.237. The summed E-state index contributed by atoms with van der Waals surface area (Å²) < 4.78 is 14.3. The van der Waals surface area contributed by atoms with E-state index >= 15 is 0 Å². The van der Waals surface area contributed by atoms with Crippen molar-refractivity contribution >= 4 is 16.6 Å². The monoisotopic (exact) mass is 354 g/mol. The minimum absolute atomic E-state index is 0.00208. The smallest absolute Gasteiger partial charge is 0.157 e. The number of hydrogen-bond acceptors (Lipinski definition) is 6. The van der Waals surface area contributed by atoms with Crippen molar-refractivity contribution < 1.29 is 14.6 Å². The summed E-state index contributed by atoms with van der Waals surface area (Å²) in [4.78, 5) is 4.11. The molecular weight excluding hydrogens is 335 g/mol. The highest BCUT2D eigenvalue weighted by Gasteiger charge is 2.25. The molecule has 26 heavy (non-hydrogen) atoms. The first-order valence-corrected chi connectivity index (χ1v) is 8.68. The Morgan fingerprint density at radius 2 is 1.92 bits per heavy atom. The fourth-order valence-electron chi connectivity index (χ4n) is 3.49. The lowest BCUT2D eigenvalue weighted by Crippen LogP contribution is -2.36. The van der Waals surface area contributed by atoms with E-state index in [1.165, 1.54) is 18.2 Å². The van der Waals surface area contributed by atoms with Crippen molar-refractivity contribution in [3.05, 3.63) is 42.5 Å². The maximum absolute atomic E-state index is 14.3. The molecule has 1 saturated carbocycles. The van der Waals surface area contributed by atoms with Crippen LogP contribution in [0.3, 0.4) is 0 Å². The first-order chi connectivity index (χ1) is 12.6. The lowest BCUT2D eigenvalue weighted by atomic mass is 9.92. The summed E-state index contributed by atoms with van der Waals surface area (Å²) in [6.45, 7) is 0. The van der Waals surface area contributed by atoms with Gasteiger partial charge in [-0.05, 0) is 31.0 Å². The van der Waals surface area contributed by atoms with E-state index in [4.69, 9.17) is 0 Å². The highest BCUT2D eigenvalue weighted by atomic mass is 19.1. The number of anilines is 1. The van der Waals surface area contributed by atoms with E-state index < -0.39 is 11.9 Å². The van der Waals surface area contributed by atoms with Gasteiger partial charge in [0.1, 0.15) is 17.3 Å². The van der Waals surface area contributed by atoms with Gasteiger partial charge in [-0.2, -0.15) is 0 Å². The van der Waals surface area contributed by atoms with Gasteiger partial charge in [-0.3, -0.25) is 4.98 Å². The van der Waals surface area contributed by atoms with Crippen LogP contribution in [0.2, 0.25) is 0 Å². The summed E-state index contributed by atoms with van der Waals surface area (Å²) in [6, 6.07) is 5.78. The molecular formula is C19H19FN4O2. The predicted octanol–water partition coefficient (Wildman–Crippen LogP) is 3.25. The zero-order chi connectivity index (χ0) is 18.1. The Balaban J connectivity index is 1.81. The van der Waals surface area contributed by atoms with Crippen LogP contribution in [0.4, 0.5) is 10.2 Å². The van der Waals surface area contributed by atoms with Gasteiger partial charge in [0.25, 0.3) is 0 Å². The number of pyridine rings is 1. The number of benzene rings is 1. The lowest BCUT2D eigenvalue weighted by molar-refractivity contribution is 0.116. The third-order valence-corrected chi connectivity index (χ3v) is 4.86. The van der Waals surface area contributed by atoms with Gasteiger partial charge in [0.2, 0.25) is 0 Å². The predicted molar refractivity (Wildman–Crippen MR) is 96.3 cm³/mol. The van der Waals surface area contributed by atoms with Crippen LogP contribution < -0.4 is 5.32 Å². The van der Waals surface area contributed by atoms with Crippen LogP contribution in [0.1, 0.15) is 25.7 Å². The quantitative estimate of drug-likeness (QED) is 0.669. The molecule has 134 valence electrons. The number of hydrogen-bond donors (Lipinski definition) is 3. The number of aromatic hydroxyl groups is 1. The van der Waals surface area contributed by atoms with Crippen molar-refractivity contribution in [2.45, 2.75) is 37.8 Å². The molecule has 1 fully saturated rings. The number of aliphatic hydroxyl groups is 1. The molecule has 3 aromatic rings. The largest absolute Gasteiger partial charge is 0.507 e. The topological polar surface area (TPSA) is 91.2 Å². The zero-order valence-corrected chi connectivity index (χ0v) is 14.1. The third kappa shape index (κ3) is 2.94. The van der Waals surface area contributed by atoms with E-state index in [1.54, 1.807) is 18.5 Å². The van der Waals surface area contributed by atoms with E-state index in [0.717, 1.165) is 25.7 Å². The molecule has 2 atom stereocenters. The number of halogens is 1. The van der Waals surface area contributed by atoms with Gasteiger partial charge in [0.15, 0.2) is 5.82 Å². The van der Waals surface area contributed by atoms with E-state index in [-0.39, 0.29) is 23.0 Å². The van der Waals surface area contributed by atoms with Gasteiger partial charge in [-0.25, -0.2) is 4.39 Å². The molecule has 0 spiro atoms. The van der Waals surface area contributed by atoms with Gasteiger partial charge < -0.3 is 15.5 Å². The molecule has 0 radical (unpaired) electrons. The maximum Gasteiger partial charge on any atom is 0.157 e. The van der Waals surface area contributed by atoms with Gasteiger partial charge in [-0.15, -0.1) is 10.2 Å². The van der Waals surface area contributed by atoms with Crippen molar-refractivity contribution in [3.8, 4) is 17.0 Å². The summed E-state index contributed by atoms with van der Waals surface area (Å²) in [6.07, 6.45) is 6.43. The Morgan fingerprint density at radius 1 is 1.08 bits per heavy atom. The molecule has 4 rings (SSSR count). The summed E-state index contributed by atoms with van der Waals surface area (Å²) in [5.74, 6) is -0.256. The van der Waals surface area contributed by atoms with Crippen LogP contribution in [0.5, 0.6) is 5.75 Å². The van der Waals surface area contributed by atoms with E-state index in [2.05, 4.69) is 20.5 Å². The average Bonchev–Trinajstić information content (AvgIpc) is 2.65. The van der Waals surface area contributed by atoms with Crippen LogP contribution in [0, 0.1) is 5.82 Å². The third-order valence-electron chi connectivity index (χ3n) is 4.86. The van der Waals surface area contributed by atoms with Gasteiger partial charge in [-0.1, -0.05) is 18.9 Å². The SMILES string of the molecule is Oc1cccc(F)c1-c1nnc(NC2CCCCC2O)c2ccncc12. The molecule has 1 aromatic carbocycles. The molecule has 0 saturated heterocycles. The normalized spacial score (nSPS) is 20.2. The fraction of sp³-hybridized carbons (Fsp3) is 0.316. The first kappa shape index (κ1) is 16.7. The second-order valence-corrected chi connectivity index (χ2v) is 6.56. The van der Waals surface area contributed by atoms with Crippen molar-refractivity contribution in [2.75, 3.05) is 5.32 Å². The molecule has 0 bridgehead atoms. The number of rotatable bonds is 3. The number of aliphatic hydroxyl groups excluding tert-OH is 1. The van der Waals surface area contributed by atoms with E-state index in [1.807, 2.05) is 0 Å². The fourth-order valence-corrected chi connectivity index (χ4v) is 3.49. The summed E-state index contributed by atoms with van der Waals surface area (Å²) >= 11 is 0. The average molecular weight is 354 g/mol. The zero-order valence-electron chi connectivity index (χ0n) is 14.1. The van der Waals surface area contributed by atoms with Crippen LogP contribution in [-0.4, -0.2) is 37.5 Å². The number of nitrogens with one attached hydrogen (secondary N) is 1. The van der Waals surface area contributed by atoms with E-state index in [9.17, 15) is 14.6 Å². The van der Waals surface area contributed by atoms with Gasteiger partial charge >= 0.3 is 0 Å². The van der Waals surface area contributed by atoms with Crippen LogP contribution in [-0.2, 0) is 0 Å². The Hall–Kier alpha value is -2.80. The summed E-state index contributed by atoms with van der Waals surface area (Å²) in [7, 11) is 0. The van der Waals surface area contributed by atoms with Crippen molar-refractivity contribution in [1.82, 2.24) is 15.2 Å². The molecule has 7 heteroatoms. The Morgan fingerprint density at radius 3 is 2.73 bits per heavy atom. The second-order valence-electron chi connectivity index (χ2n) is 6.56. The highest BCUT2D eigenvalue weighted by molar-refractivity contribution is 6.00. The number of aromatic nitrogens is 3. The first-order valence-electron chi connectivity index (χ1n) is 8.68. The standard InChI is InChI=1S/C19H19FN4O2/c20-13-4-3-7-16(26)17(13)18-12-10-21-9-8-11(12)19(24-23-18)22-14-5-1-2-6-15(14)25/h3-4,7-10,14-15,25-26H,1-2,5-6H2,(H,22,24). The molecule has 1 aliphatic rings. The Kier molecular flexibility index (Phi) is 4.38. The molecule has 0 aliphatic heterocycles. The lowest BCUT2D eigenvalue weighted by Gasteiger charge is -2.29. The number of fused-ring (bicyclic) bond motifs is 1. The molecule has 1 aliphatic carbocycles. The second kappa shape index (κ2) is 6.84. The van der Waals surface area contributed by atoms with Crippen LogP contribution >= 0.6 is 0 Å². The maximum atomic E-state index is 14.3.